The number of halogens is 3. The second kappa shape index (κ2) is 12.6. The number of likely N-dealkylation sites (N-methyl/N-ethyl adjacent to an activating group) is 1. The Hall–Kier alpha value is -3.85. The zero-order valence-corrected chi connectivity index (χ0v) is 26.5. The van der Waals surface area contributed by atoms with Crippen molar-refractivity contribution in [3.8, 4) is 23.2 Å². The van der Waals surface area contributed by atoms with Crippen LogP contribution in [-0.2, 0) is 4.79 Å². The minimum absolute atomic E-state index is 0.0268. The molecule has 2 aromatic heterocycles. The maximum absolute atomic E-state index is 13.8. The predicted octanol–water partition coefficient (Wildman–Crippen LogP) is 6.15. The van der Waals surface area contributed by atoms with E-state index in [9.17, 15) is 14.4 Å². The molecule has 0 bridgehead atoms. The number of hydrogen-bond donors (Lipinski definition) is 0. The van der Waals surface area contributed by atoms with Gasteiger partial charge in [-0.25, -0.2) is 9.37 Å². The van der Waals surface area contributed by atoms with Crippen LogP contribution in [-0.4, -0.2) is 82.6 Å². The number of ether oxygens (including phenoxy) is 1. The minimum Gasteiger partial charge on any atom is -0.462 e. The van der Waals surface area contributed by atoms with Gasteiger partial charge in [-0.3, -0.25) is 4.79 Å². The van der Waals surface area contributed by atoms with Crippen molar-refractivity contribution in [3.05, 3.63) is 64.5 Å². The molecule has 0 radical (unpaired) electrons. The lowest BCUT2D eigenvalue weighted by atomic mass is 9.99. The van der Waals surface area contributed by atoms with Crippen LogP contribution in [0.15, 0.2) is 59.5 Å². The number of anilines is 1. The number of rotatable bonds is 7. The van der Waals surface area contributed by atoms with Gasteiger partial charge in [0.1, 0.15) is 16.7 Å². The van der Waals surface area contributed by atoms with Gasteiger partial charge in [0.05, 0.1) is 24.0 Å². The molecular formula is C32H30BrClFN7O2. The van der Waals surface area contributed by atoms with Crippen LogP contribution in [0.2, 0.25) is 5.02 Å². The van der Waals surface area contributed by atoms with Gasteiger partial charge < -0.3 is 19.4 Å². The van der Waals surface area contributed by atoms with Crippen LogP contribution in [0.1, 0.15) is 19.3 Å². The molecule has 1 amide bonds. The maximum Gasteiger partial charge on any atom is 0.319 e. The summed E-state index contributed by atoms with van der Waals surface area (Å²) in [5.74, 6) is -1.34. The van der Waals surface area contributed by atoms with Crippen molar-refractivity contribution in [2.45, 2.75) is 31.3 Å². The SMILES string of the molecule is C=C(F)C(=O)N1CCN(c2nc(OCC3CCCN3C)nc3cc(-c4cccc5cccc(Cl)c45)c(Br)nc23)C[C@@H]1CC#N. The Bertz CT molecular complexity index is 1810. The van der Waals surface area contributed by atoms with Crippen LogP contribution in [0, 0.1) is 11.3 Å². The van der Waals surface area contributed by atoms with E-state index in [2.05, 4.69) is 40.5 Å². The van der Waals surface area contributed by atoms with E-state index in [1.54, 1.807) is 0 Å². The first kappa shape index (κ1) is 30.2. The second-order valence-corrected chi connectivity index (χ2v) is 12.3. The number of hydrogen-bond acceptors (Lipinski definition) is 8. The standard InChI is InChI=1S/C32H30BrClFN7O2/c1-19(35)31(43)42-15-14-41(17-21(42)11-12-36)30-28-26(37-32(39-30)44-18-22-8-5-13-40(22)2)16-24(29(33)38-28)23-9-3-6-20-7-4-10-25(34)27(20)23/h3-4,6-7,9-10,16,21-22H,1,5,8,11,13-15,17-18H2,2H3/t21-,22?/m0/s1. The third-order valence-corrected chi connectivity index (χ3v) is 9.33. The summed E-state index contributed by atoms with van der Waals surface area (Å²) in [5.41, 5.74) is 2.81. The molecule has 1 unspecified atom stereocenters. The van der Waals surface area contributed by atoms with Crippen molar-refractivity contribution in [1.82, 2.24) is 24.8 Å². The first-order valence-electron chi connectivity index (χ1n) is 14.4. The van der Waals surface area contributed by atoms with E-state index < -0.39 is 17.8 Å². The van der Waals surface area contributed by atoms with Crippen LogP contribution in [0.25, 0.3) is 32.9 Å². The molecule has 0 saturated carbocycles. The Morgan fingerprint density at radius 1 is 1.16 bits per heavy atom. The number of nitriles is 1. The highest BCUT2D eigenvalue weighted by Gasteiger charge is 2.34. The largest absolute Gasteiger partial charge is 0.462 e. The molecule has 4 aromatic rings. The number of benzene rings is 2. The smallest absolute Gasteiger partial charge is 0.319 e. The summed E-state index contributed by atoms with van der Waals surface area (Å²) in [6.07, 6.45) is 2.17. The van der Waals surface area contributed by atoms with Gasteiger partial charge >= 0.3 is 6.01 Å². The number of likely N-dealkylation sites (tertiary alicyclic amines) is 1. The highest BCUT2D eigenvalue weighted by Crippen LogP contribution is 2.39. The van der Waals surface area contributed by atoms with Crippen LogP contribution in [0.5, 0.6) is 6.01 Å². The molecule has 226 valence electrons. The average molecular weight is 679 g/mol. The summed E-state index contributed by atoms with van der Waals surface area (Å²) < 4.78 is 20.6. The Morgan fingerprint density at radius 3 is 2.68 bits per heavy atom. The number of amides is 1. The van der Waals surface area contributed by atoms with E-state index in [-0.39, 0.29) is 31.6 Å². The zero-order valence-electron chi connectivity index (χ0n) is 24.1. The van der Waals surface area contributed by atoms with Crippen LogP contribution in [0.4, 0.5) is 10.2 Å². The number of aromatic nitrogens is 3. The molecule has 0 N–H and O–H groups in total. The molecule has 0 aliphatic carbocycles. The lowest BCUT2D eigenvalue weighted by Crippen LogP contribution is -2.55. The third kappa shape index (κ3) is 5.82. The Kier molecular flexibility index (Phi) is 8.67. The van der Waals surface area contributed by atoms with Crippen LogP contribution < -0.4 is 9.64 Å². The maximum atomic E-state index is 13.8. The van der Waals surface area contributed by atoms with E-state index in [4.69, 9.17) is 31.3 Å². The highest BCUT2D eigenvalue weighted by atomic mass is 79.9. The summed E-state index contributed by atoms with van der Waals surface area (Å²) in [4.78, 5) is 32.6. The summed E-state index contributed by atoms with van der Waals surface area (Å²) in [6.45, 7) is 5.41. The molecule has 2 saturated heterocycles. The van der Waals surface area contributed by atoms with Gasteiger partial charge in [-0.1, -0.05) is 48.5 Å². The summed E-state index contributed by atoms with van der Waals surface area (Å²) in [7, 11) is 2.08. The number of fused-ring (bicyclic) bond motifs is 2. The zero-order chi connectivity index (χ0) is 31.0. The summed E-state index contributed by atoms with van der Waals surface area (Å²) in [5, 5.41) is 12.0. The molecule has 2 aromatic carbocycles. The number of carbonyl (C=O) groups excluding carboxylic acids is 1. The number of pyridine rings is 1. The highest BCUT2D eigenvalue weighted by molar-refractivity contribution is 9.10. The van der Waals surface area contributed by atoms with Gasteiger partial charge in [-0.05, 0) is 65.4 Å². The van der Waals surface area contributed by atoms with Crippen molar-refractivity contribution in [2.24, 2.45) is 0 Å². The molecular weight excluding hydrogens is 649 g/mol. The Labute approximate surface area is 268 Å². The molecule has 4 heterocycles. The van der Waals surface area contributed by atoms with Crippen molar-refractivity contribution in [2.75, 3.05) is 44.7 Å². The van der Waals surface area contributed by atoms with Crippen molar-refractivity contribution >= 4 is 61.1 Å². The van der Waals surface area contributed by atoms with Crippen molar-refractivity contribution in [3.63, 3.8) is 0 Å². The van der Waals surface area contributed by atoms with Gasteiger partial charge in [0.25, 0.3) is 5.91 Å². The summed E-state index contributed by atoms with van der Waals surface area (Å²) in [6, 6.07) is 15.8. The lowest BCUT2D eigenvalue weighted by Gasteiger charge is -2.41. The molecule has 44 heavy (non-hydrogen) atoms. The first-order chi connectivity index (χ1) is 21.2. The number of piperazine rings is 1. The number of carbonyl (C=O) groups is 1. The van der Waals surface area contributed by atoms with E-state index in [1.807, 2.05) is 47.4 Å². The van der Waals surface area contributed by atoms with Crippen molar-refractivity contribution in [1.29, 1.82) is 5.26 Å². The Morgan fingerprint density at radius 2 is 1.95 bits per heavy atom. The monoisotopic (exact) mass is 677 g/mol. The minimum atomic E-state index is -1.05. The fourth-order valence-electron chi connectivity index (χ4n) is 6.11. The molecule has 9 nitrogen and oxygen atoms in total. The Balaban J connectivity index is 1.45. The fourth-order valence-corrected chi connectivity index (χ4v) is 6.90. The average Bonchev–Trinajstić information content (AvgIpc) is 3.43. The van der Waals surface area contributed by atoms with Gasteiger partial charge in [0.2, 0.25) is 0 Å². The molecule has 2 fully saturated rings. The van der Waals surface area contributed by atoms with Gasteiger partial charge in [0.15, 0.2) is 11.6 Å². The fraction of sp³-hybridized carbons (Fsp3) is 0.344. The van der Waals surface area contributed by atoms with E-state index in [0.717, 1.165) is 41.3 Å². The van der Waals surface area contributed by atoms with E-state index in [1.165, 1.54) is 4.90 Å². The number of nitrogens with zero attached hydrogens (tertiary/aromatic N) is 7. The molecule has 2 aliphatic heterocycles. The molecule has 6 rings (SSSR count). The van der Waals surface area contributed by atoms with Crippen LogP contribution in [0.3, 0.4) is 0 Å². The van der Waals surface area contributed by atoms with Gasteiger partial charge in [-0.15, -0.1) is 0 Å². The van der Waals surface area contributed by atoms with E-state index in [0.29, 0.717) is 39.6 Å². The van der Waals surface area contributed by atoms with E-state index >= 15 is 0 Å². The molecule has 2 atom stereocenters. The van der Waals surface area contributed by atoms with Gasteiger partial charge in [-0.2, -0.15) is 15.2 Å². The normalized spacial score (nSPS) is 19.0. The molecule has 2 aliphatic rings. The van der Waals surface area contributed by atoms with Gasteiger partial charge in [0, 0.05) is 41.6 Å². The quantitative estimate of drug-likeness (QED) is 0.170. The lowest BCUT2D eigenvalue weighted by molar-refractivity contribution is -0.131. The molecule has 12 heteroatoms. The molecule has 0 spiro atoms. The summed E-state index contributed by atoms with van der Waals surface area (Å²) >= 11 is 10.4. The third-order valence-electron chi connectivity index (χ3n) is 8.41. The predicted molar refractivity (Wildman–Crippen MR) is 172 cm³/mol. The second-order valence-electron chi connectivity index (χ2n) is 11.1. The topological polar surface area (TPSA) is 98.5 Å². The van der Waals surface area contributed by atoms with Crippen LogP contribution >= 0.6 is 27.5 Å². The first-order valence-corrected chi connectivity index (χ1v) is 15.6. The van der Waals surface area contributed by atoms with Crippen molar-refractivity contribution < 1.29 is 13.9 Å².